The summed E-state index contributed by atoms with van der Waals surface area (Å²) >= 11 is 0. The van der Waals surface area contributed by atoms with Crippen molar-refractivity contribution in [3.8, 4) is 0 Å². The summed E-state index contributed by atoms with van der Waals surface area (Å²) < 4.78 is 36.6. The molecule has 0 fully saturated rings. The summed E-state index contributed by atoms with van der Waals surface area (Å²) in [6, 6.07) is 9.20. The van der Waals surface area contributed by atoms with Gasteiger partial charge in [0.25, 0.3) is 5.91 Å². The molecule has 0 atom stereocenters. The highest BCUT2D eigenvalue weighted by Gasteiger charge is 2.38. The number of nitrogens with two attached hydrogens (primary N) is 1. The summed E-state index contributed by atoms with van der Waals surface area (Å²) in [7, 11) is 0. The van der Waals surface area contributed by atoms with E-state index in [-0.39, 0.29) is 13.2 Å². The van der Waals surface area contributed by atoms with Gasteiger partial charge in [0.15, 0.2) is 0 Å². The second kappa shape index (κ2) is 10.00. The maximum absolute atomic E-state index is 11.0. The van der Waals surface area contributed by atoms with Crippen molar-refractivity contribution >= 4 is 18.0 Å². The van der Waals surface area contributed by atoms with Crippen LogP contribution in [0.25, 0.3) is 0 Å². The fourth-order valence-corrected chi connectivity index (χ4v) is 0.931. The Kier molecular flexibility index (Phi) is 8.77. The van der Waals surface area contributed by atoms with Gasteiger partial charge in [-0.15, -0.1) is 0 Å². The molecule has 0 spiro atoms. The molecule has 1 aromatic rings. The minimum Gasteiger partial charge on any atom is -0.475 e. The van der Waals surface area contributed by atoms with Crippen molar-refractivity contribution in [2.75, 3.05) is 6.54 Å². The van der Waals surface area contributed by atoms with E-state index in [9.17, 15) is 22.8 Å². The number of carboxylic acid groups (broad SMARTS) is 1. The summed E-state index contributed by atoms with van der Waals surface area (Å²) in [5.74, 6) is -3.25. The van der Waals surface area contributed by atoms with Crippen LogP contribution >= 0.6 is 0 Å². The minimum absolute atomic E-state index is 0.144. The second-order valence-corrected chi connectivity index (χ2v) is 3.74. The third-order valence-corrected chi connectivity index (χ3v) is 1.94. The Bertz CT molecular complexity index is 522. The van der Waals surface area contributed by atoms with Crippen LogP contribution in [-0.2, 0) is 20.9 Å². The number of benzene rings is 1. The lowest BCUT2D eigenvalue weighted by atomic mass is 10.2. The van der Waals surface area contributed by atoms with Gasteiger partial charge in [-0.1, -0.05) is 30.3 Å². The molecule has 0 saturated heterocycles. The van der Waals surface area contributed by atoms with Crippen LogP contribution < -0.4 is 16.6 Å². The lowest BCUT2D eigenvalue weighted by Crippen LogP contribution is -2.44. The maximum atomic E-state index is 11.0. The zero-order valence-electron chi connectivity index (χ0n) is 11.6. The number of hydrogen-bond donors (Lipinski definition) is 4. The molecule has 1 aromatic carbocycles. The predicted octanol–water partition coefficient (Wildman–Crippen LogP) is 0.536. The molecule has 0 aliphatic heterocycles. The molecule has 5 N–H and O–H groups in total. The van der Waals surface area contributed by atoms with Crippen molar-refractivity contribution in [2.24, 2.45) is 5.73 Å². The smallest absolute Gasteiger partial charge is 0.475 e. The number of aliphatic carboxylic acids is 1. The van der Waals surface area contributed by atoms with E-state index in [1.165, 1.54) is 0 Å². The fourth-order valence-electron chi connectivity index (χ4n) is 0.931. The van der Waals surface area contributed by atoms with Crippen molar-refractivity contribution in [1.29, 1.82) is 0 Å². The first-order valence-electron chi connectivity index (χ1n) is 5.92. The Hall–Kier alpha value is -2.82. The van der Waals surface area contributed by atoms with E-state index in [4.69, 9.17) is 20.4 Å². The van der Waals surface area contributed by atoms with Crippen molar-refractivity contribution in [2.45, 2.75) is 12.8 Å². The highest BCUT2D eigenvalue weighted by molar-refractivity contribution is 5.80. The molecule has 0 aliphatic rings. The summed E-state index contributed by atoms with van der Waals surface area (Å²) in [4.78, 5) is 30.6. The second-order valence-electron chi connectivity index (χ2n) is 3.74. The first kappa shape index (κ1) is 20.2. The van der Waals surface area contributed by atoms with Gasteiger partial charge in [-0.3, -0.25) is 10.2 Å². The molecule has 0 unspecified atom stereocenters. The zero-order chi connectivity index (χ0) is 17.9. The Morgan fingerprint density at radius 2 is 1.65 bits per heavy atom. The van der Waals surface area contributed by atoms with E-state index in [0.29, 0.717) is 0 Å². The molecule has 1 rings (SSSR count). The number of amides is 2. The van der Waals surface area contributed by atoms with Gasteiger partial charge >= 0.3 is 18.2 Å². The minimum atomic E-state index is -5.08. The SMILES string of the molecule is NCC(=O)NNC(=O)OCc1ccccc1.O=C(O)C(F)(F)F. The monoisotopic (exact) mass is 337 g/mol. The maximum Gasteiger partial charge on any atom is 0.490 e. The van der Waals surface area contributed by atoms with Gasteiger partial charge in [0.1, 0.15) is 6.61 Å². The summed E-state index contributed by atoms with van der Waals surface area (Å²) in [5, 5.41) is 7.12. The number of carbonyl (C=O) groups excluding carboxylic acids is 2. The number of hydrazine groups is 1. The van der Waals surface area contributed by atoms with Crippen LogP contribution in [0.4, 0.5) is 18.0 Å². The van der Waals surface area contributed by atoms with Crippen LogP contribution in [0.1, 0.15) is 5.56 Å². The zero-order valence-corrected chi connectivity index (χ0v) is 11.6. The molecule has 128 valence electrons. The normalized spacial score (nSPS) is 9.91. The quantitative estimate of drug-likeness (QED) is 0.595. The number of alkyl halides is 3. The summed E-state index contributed by atoms with van der Waals surface area (Å²) in [5.41, 5.74) is 10.0. The third-order valence-electron chi connectivity index (χ3n) is 1.94. The van der Waals surface area contributed by atoms with Crippen molar-refractivity contribution in [3.63, 3.8) is 0 Å². The van der Waals surface area contributed by atoms with Gasteiger partial charge in [0.2, 0.25) is 0 Å². The van der Waals surface area contributed by atoms with Gasteiger partial charge in [-0.05, 0) is 5.56 Å². The molecule has 8 nitrogen and oxygen atoms in total. The van der Waals surface area contributed by atoms with Crippen molar-refractivity contribution in [3.05, 3.63) is 35.9 Å². The Balaban J connectivity index is 0.000000585. The predicted molar refractivity (Wildman–Crippen MR) is 70.7 cm³/mol. The first-order valence-corrected chi connectivity index (χ1v) is 5.92. The van der Waals surface area contributed by atoms with E-state index in [0.717, 1.165) is 5.56 Å². The Morgan fingerprint density at radius 1 is 1.13 bits per heavy atom. The summed E-state index contributed by atoms with van der Waals surface area (Å²) in [6.45, 7) is -0.0515. The molecule has 23 heavy (non-hydrogen) atoms. The van der Waals surface area contributed by atoms with Crippen LogP contribution in [-0.4, -0.2) is 35.8 Å². The molecule has 2 amide bonds. The summed E-state index contributed by atoms with van der Waals surface area (Å²) in [6.07, 6.45) is -5.81. The average molecular weight is 337 g/mol. The number of carboxylic acids is 1. The third kappa shape index (κ3) is 10.5. The lowest BCUT2D eigenvalue weighted by molar-refractivity contribution is -0.192. The number of nitrogens with one attached hydrogen (secondary N) is 2. The Labute approximate surface area is 128 Å². The first-order chi connectivity index (χ1) is 10.7. The van der Waals surface area contributed by atoms with Crippen molar-refractivity contribution < 1.29 is 37.4 Å². The fraction of sp³-hybridized carbons (Fsp3) is 0.250. The van der Waals surface area contributed by atoms with E-state index in [1.807, 2.05) is 30.3 Å². The van der Waals surface area contributed by atoms with E-state index in [2.05, 4.69) is 10.9 Å². The molecular formula is C12H14F3N3O5. The van der Waals surface area contributed by atoms with Crippen LogP contribution in [0.15, 0.2) is 30.3 Å². The molecule has 0 radical (unpaired) electrons. The number of hydrogen-bond acceptors (Lipinski definition) is 5. The Morgan fingerprint density at radius 3 is 2.09 bits per heavy atom. The molecule has 0 saturated carbocycles. The number of ether oxygens (including phenoxy) is 1. The van der Waals surface area contributed by atoms with E-state index >= 15 is 0 Å². The highest BCUT2D eigenvalue weighted by Crippen LogP contribution is 2.13. The van der Waals surface area contributed by atoms with Gasteiger partial charge in [0, 0.05) is 0 Å². The average Bonchev–Trinajstić information content (AvgIpc) is 2.51. The standard InChI is InChI=1S/C10H13N3O3.C2HF3O2/c11-6-9(14)12-13-10(15)16-7-8-4-2-1-3-5-8;3-2(4,5)1(6)7/h1-5H,6-7,11H2,(H,12,14)(H,13,15);(H,6,7). The van der Waals surface area contributed by atoms with Crippen molar-refractivity contribution in [1.82, 2.24) is 10.9 Å². The molecular weight excluding hydrogens is 323 g/mol. The highest BCUT2D eigenvalue weighted by atomic mass is 19.4. The topological polar surface area (TPSA) is 131 Å². The van der Waals surface area contributed by atoms with Gasteiger partial charge < -0.3 is 15.6 Å². The molecule has 0 heterocycles. The molecule has 0 bridgehead atoms. The van der Waals surface area contributed by atoms with E-state index in [1.54, 1.807) is 0 Å². The van der Waals surface area contributed by atoms with Crippen LogP contribution in [0.5, 0.6) is 0 Å². The van der Waals surface area contributed by atoms with Crippen LogP contribution in [0.2, 0.25) is 0 Å². The molecule has 0 aromatic heterocycles. The van der Waals surface area contributed by atoms with Gasteiger partial charge in [0.05, 0.1) is 6.54 Å². The largest absolute Gasteiger partial charge is 0.490 e. The molecule has 0 aliphatic carbocycles. The number of carbonyl (C=O) groups is 3. The number of halogens is 3. The van der Waals surface area contributed by atoms with Crippen LogP contribution in [0, 0.1) is 0 Å². The van der Waals surface area contributed by atoms with Gasteiger partial charge in [-0.25, -0.2) is 15.0 Å². The number of rotatable bonds is 3. The van der Waals surface area contributed by atoms with Gasteiger partial charge in [-0.2, -0.15) is 13.2 Å². The molecule has 11 heteroatoms. The lowest BCUT2D eigenvalue weighted by Gasteiger charge is -2.07. The van der Waals surface area contributed by atoms with Crippen LogP contribution in [0.3, 0.4) is 0 Å². The van der Waals surface area contributed by atoms with E-state index < -0.39 is 24.1 Å².